The van der Waals surface area contributed by atoms with E-state index in [9.17, 15) is 14.7 Å². The van der Waals surface area contributed by atoms with E-state index >= 15 is 0 Å². The Morgan fingerprint density at radius 1 is 1.09 bits per heavy atom. The molecule has 0 saturated heterocycles. The van der Waals surface area contributed by atoms with Gasteiger partial charge >= 0.3 is 0 Å². The average Bonchev–Trinajstić information content (AvgIpc) is 3.07. The van der Waals surface area contributed by atoms with Gasteiger partial charge in [-0.05, 0) is 54.7 Å². The Kier molecular flexibility index (Phi) is 5.33. The molecule has 4 atom stereocenters. The van der Waals surface area contributed by atoms with Crippen LogP contribution in [0.3, 0.4) is 0 Å². The number of hydrogen-bond acceptors (Lipinski definition) is 5. The molecule has 32 heavy (non-hydrogen) atoms. The number of ether oxygens (including phenoxy) is 2. The fourth-order valence-corrected chi connectivity index (χ4v) is 5.27. The number of fused-ring (bicyclic) bond motifs is 1. The molecule has 0 radical (unpaired) electrons. The molecule has 2 aromatic carbocycles. The SMILES string of the molecule is COc1ccc(CN2C(=O)C3=C(C(=O)C4CC(Cl)CCC4O3)C2c2ccc(O)cc2)cc1. The number of nitrogens with zero attached hydrogens (tertiary/aromatic N) is 1. The second kappa shape index (κ2) is 8.17. The molecule has 4 unspecified atom stereocenters. The van der Waals surface area contributed by atoms with Crippen molar-refractivity contribution in [2.45, 2.75) is 43.3 Å². The monoisotopic (exact) mass is 453 g/mol. The largest absolute Gasteiger partial charge is 0.508 e. The highest BCUT2D eigenvalue weighted by Crippen LogP contribution is 2.47. The highest BCUT2D eigenvalue weighted by atomic mass is 35.5. The van der Waals surface area contributed by atoms with Gasteiger partial charge in [0.25, 0.3) is 5.91 Å². The number of phenolic OH excluding ortho intramolecular Hbond substituents is 1. The van der Waals surface area contributed by atoms with Crippen molar-refractivity contribution in [3.8, 4) is 11.5 Å². The first kappa shape index (κ1) is 20.9. The van der Waals surface area contributed by atoms with Crippen molar-refractivity contribution < 1.29 is 24.2 Å². The zero-order valence-electron chi connectivity index (χ0n) is 17.7. The second-order valence-electron chi connectivity index (χ2n) is 8.56. The minimum absolute atomic E-state index is 0.0507. The van der Waals surface area contributed by atoms with Crippen molar-refractivity contribution in [3.63, 3.8) is 0 Å². The van der Waals surface area contributed by atoms with Gasteiger partial charge in [-0.1, -0.05) is 24.3 Å². The van der Waals surface area contributed by atoms with Crippen LogP contribution in [0.15, 0.2) is 59.9 Å². The molecule has 1 aliphatic carbocycles. The van der Waals surface area contributed by atoms with E-state index in [1.807, 2.05) is 24.3 Å². The number of aromatic hydroxyl groups is 1. The Hall–Kier alpha value is -2.99. The molecule has 3 aliphatic rings. The Morgan fingerprint density at radius 3 is 2.50 bits per heavy atom. The topological polar surface area (TPSA) is 76.1 Å². The van der Waals surface area contributed by atoms with E-state index in [1.54, 1.807) is 36.3 Å². The highest BCUT2D eigenvalue weighted by Gasteiger charge is 2.52. The third-order valence-corrected chi connectivity index (χ3v) is 7.00. The Labute approximate surface area is 191 Å². The van der Waals surface area contributed by atoms with E-state index < -0.39 is 6.04 Å². The number of Topliss-reactive ketones (excluding diaryl/α,β-unsaturated/α-hetero) is 1. The van der Waals surface area contributed by atoms with Crippen molar-refractivity contribution in [2.24, 2.45) is 5.92 Å². The van der Waals surface area contributed by atoms with Crippen molar-refractivity contribution in [3.05, 3.63) is 71.0 Å². The van der Waals surface area contributed by atoms with Crippen molar-refractivity contribution in [1.82, 2.24) is 4.90 Å². The number of carbonyl (C=O) groups excluding carboxylic acids is 2. The van der Waals surface area contributed by atoms with Crippen LogP contribution >= 0.6 is 11.6 Å². The van der Waals surface area contributed by atoms with Crippen molar-refractivity contribution in [1.29, 1.82) is 0 Å². The van der Waals surface area contributed by atoms with Gasteiger partial charge in [0.05, 0.1) is 24.6 Å². The molecule has 1 fully saturated rings. The molecule has 1 saturated carbocycles. The van der Waals surface area contributed by atoms with E-state index in [2.05, 4.69) is 0 Å². The fraction of sp³-hybridized carbons (Fsp3) is 0.360. The summed E-state index contributed by atoms with van der Waals surface area (Å²) in [5.74, 6) is 0.345. The maximum Gasteiger partial charge on any atom is 0.290 e. The summed E-state index contributed by atoms with van der Waals surface area (Å²) in [7, 11) is 1.60. The summed E-state index contributed by atoms with van der Waals surface area (Å²) in [5.41, 5.74) is 2.07. The van der Waals surface area contributed by atoms with Crippen molar-refractivity contribution in [2.75, 3.05) is 7.11 Å². The second-order valence-corrected chi connectivity index (χ2v) is 9.17. The smallest absolute Gasteiger partial charge is 0.290 e. The van der Waals surface area contributed by atoms with Gasteiger partial charge in [0.1, 0.15) is 17.6 Å². The normalized spacial score (nSPS) is 27.1. The molecule has 0 aromatic heterocycles. The summed E-state index contributed by atoms with van der Waals surface area (Å²) in [5, 5.41) is 9.69. The lowest BCUT2D eigenvalue weighted by Crippen LogP contribution is -2.41. The van der Waals surface area contributed by atoms with Crippen LogP contribution in [-0.2, 0) is 20.9 Å². The summed E-state index contributed by atoms with van der Waals surface area (Å²) in [6.45, 7) is 0.311. The third kappa shape index (κ3) is 3.52. The van der Waals surface area contributed by atoms with E-state index in [4.69, 9.17) is 21.1 Å². The lowest BCUT2D eigenvalue weighted by molar-refractivity contribution is -0.135. The maximum absolute atomic E-state index is 13.6. The minimum atomic E-state index is -0.579. The number of benzene rings is 2. The van der Waals surface area contributed by atoms with Gasteiger partial charge in [-0.15, -0.1) is 11.6 Å². The number of rotatable bonds is 4. The number of phenols is 1. The third-order valence-electron chi connectivity index (χ3n) is 6.60. The lowest BCUT2D eigenvalue weighted by atomic mass is 9.77. The molecular weight excluding hydrogens is 430 g/mol. The first-order valence-corrected chi connectivity index (χ1v) is 11.2. The van der Waals surface area contributed by atoms with Gasteiger partial charge in [-0.3, -0.25) is 9.59 Å². The predicted octanol–water partition coefficient (Wildman–Crippen LogP) is 4.11. The zero-order valence-corrected chi connectivity index (χ0v) is 18.4. The molecule has 2 heterocycles. The summed E-state index contributed by atoms with van der Waals surface area (Å²) < 4.78 is 11.4. The average molecular weight is 454 g/mol. The van der Waals surface area contributed by atoms with Crippen LogP contribution < -0.4 is 4.74 Å². The first-order valence-electron chi connectivity index (χ1n) is 10.8. The summed E-state index contributed by atoms with van der Waals surface area (Å²) >= 11 is 6.37. The van der Waals surface area contributed by atoms with Crippen LogP contribution in [0, 0.1) is 5.92 Å². The fourth-order valence-electron chi connectivity index (χ4n) is 4.96. The van der Waals surface area contributed by atoms with Crippen LogP contribution in [-0.4, -0.2) is 40.3 Å². The van der Waals surface area contributed by atoms with Gasteiger partial charge in [-0.25, -0.2) is 0 Å². The van der Waals surface area contributed by atoms with Crippen LogP contribution in [0.1, 0.15) is 36.4 Å². The van der Waals surface area contributed by atoms with E-state index in [-0.39, 0.29) is 40.6 Å². The predicted molar refractivity (Wildman–Crippen MR) is 118 cm³/mol. The number of carbonyl (C=O) groups is 2. The molecule has 166 valence electrons. The standard InChI is InChI=1S/C25H24ClNO5/c1-31-18-9-2-14(3-10-18)13-27-22(15-4-7-17(28)8-5-15)21-23(29)19-12-16(26)6-11-20(19)32-24(21)25(27)30/h2-5,7-10,16,19-20,22,28H,6,11-13H2,1H3. The van der Waals surface area contributed by atoms with Gasteiger partial charge in [0.15, 0.2) is 11.5 Å². The Bertz CT molecular complexity index is 1080. The molecule has 7 heteroatoms. The summed E-state index contributed by atoms with van der Waals surface area (Å²) in [6, 6.07) is 13.5. The van der Waals surface area contributed by atoms with Crippen LogP contribution in [0.25, 0.3) is 0 Å². The number of hydrogen-bond donors (Lipinski definition) is 1. The molecule has 1 N–H and O–H groups in total. The molecule has 2 aromatic rings. The van der Waals surface area contributed by atoms with Gasteiger partial charge in [0, 0.05) is 11.9 Å². The molecule has 6 nitrogen and oxygen atoms in total. The maximum atomic E-state index is 13.6. The number of methoxy groups -OCH3 is 1. The number of ketones is 1. The molecule has 0 spiro atoms. The van der Waals surface area contributed by atoms with Crippen LogP contribution in [0.4, 0.5) is 0 Å². The Balaban J connectivity index is 1.54. The molecular formula is C25H24ClNO5. The quantitative estimate of drug-likeness (QED) is 0.705. The van der Waals surface area contributed by atoms with Crippen LogP contribution in [0.5, 0.6) is 11.5 Å². The lowest BCUT2D eigenvalue weighted by Gasteiger charge is -2.37. The van der Waals surface area contributed by atoms with Gasteiger partial charge in [-0.2, -0.15) is 0 Å². The van der Waals surface area contributed by atoms with Gasteiger partial charge in [0.2, 0.25) is 0 Å². The highest BCUT2D eigenvalue weighted by molar-refractivity contribution is 6.21. The first-order chi connectivity index (χ1) is 15.5. The number of alkyl halides is 1. The molecule has 5 rings (SSSR count). The number of amides is 1. The Morgan fingerprint density at radius 2 is 1.81 bits per heavy atom. The zero-order chi connectivity index (χ0) is 22.4. The minimum Gasteiger partial charge on any atom is -0.508 e. The summed E-state index contributed by atoms with van der Waals surface area (Å²) in [4.78, 5) is 28.8. The molecule has 0 bridgehead atoms. The van der Waals surface area contributed by atoms with E-state index in [0.29, 0.717) is 25.0 Å². The van der Waals surface area contributed by atoms with Crippen LogP contribution in [0.2, 0.25) is 0 Å². The number of halogens is 1. The van der Waals surface area contributed by atoms with E-state index in [1.165, 1.54) is 0 Å². The molecule has 2 aliphatic heterocycles. The summed E-state index contributed by atoms with van der Waals surface area (Å²) in [6.07, 6.45) is 1.68. The molecule has 1 amide bonds. The van der Waals surface area contributed by atoms with Gasteiger partial charge < -0.3 is 19.5 Å². The van der Waals surface area contributed by atoms with Crippen molar-refractivity contribution >= 4 is 23.3 Å². The van der Waals surface area contributed by atoms with E-state index in [0.717, 1.165) is 23.3 Å².